The van der Waals surface area contributed by atoms with Crippen molar-refractivity contribution in [3.05, 3.63) is 85.4 Å². The number of hydrogen-bond acceptors (Lipinski definition) is 6. The fraction of sp³-hybridized carbons (Fsp3) is 0.364. The van der Waals surface area contributed by atoms with Crippen molar-refractivity contribution in [1.29, 1.82) is 0 Å². The first-order chi connectivity index (χ1) is 20.4. The van der Waals surface area contributed by atoms with Crippen LogP contribution in [0.5, 0.6) is 11.5 Å². The van der Waals surface area contributed by atoms with E-state index in [1.165, 1.54) is 18.2 Å². The Morgan fingerprint density at radius 3 is 2.67 bits per heavy atom. The van der Waals surface area contributed by atoms with Crippen LogP contribution < -0.4 is 20.2 Å². The molecule has 4 aliphatic heterocycles. The number of hydrogen-bond donors (Lipinski definition) is 3. The second kappa shape index (κ2) is 10.7. The van der Waals surface area contributed by atoms with Crippen LogP contribution in [0.4, 0.5) is 5.69 Å². The Morgan fingerprint density at radius 1 is 1.02 bits per heavy atom. The van der Waals surface area contributed by atoms with Crippen molar-refractivity contribution in [3.63, 3.8) is 0 Å². The quantitative estimate of drug-likeness (QED) is 0.208. The van der Waals surface area contributed by atoms with Crippen LogP contribution in [0, 0.1) is 0 Å². The lowest BCUT2D eigenvalue weighted by Gasteiger charge is -2.41. The zero-order chi connectivity index (χ0) is 29.1. The summed E-state index contributed by atoms with van der Waals surface area (Å²) in [6.07, 6.45) is 5.20. The highest BCUT2D eigenvalue weighted by atomic mass is 127. The van der Waals surface area contributed by atoms with Crippen LogP contribution in [0.2, 0.25) is 0 Å². The Labute approximate surface area is 256 Å². The molecular formula is C33H31IN2O6. The molecule has 42 heavy (non-hydrogen) atoms. The van der Waals surface area contributed by atoms with Crippen molar-refractivity contribution in [1.82, 2.24) is 0 Å². The van der Waals surface area contributed by atoms with E-state index in [9.17, 15) is 24.9 Å². The summed E-state index contributed by atoms with van der Waals surface area (Å²) in [7, 11) is 0. The number of halogens is 1. The molecule has 1 atom stereocenters. The second-order valence-electron chi connectivity index (χ2n) is 11.5. The number of carboxylic acid groups (broad SMARTS) is 2. The third-order valence-electron chi connectivity index (χ3n) is 8.86. The topological polar surface area (TPSA) is 120 Å². The fourth-order valence-electron chi connectivity index (χ4n) is 7.16. The second-order valence-corrected chi connectivity index (χ2v) is 12.6. The molecule has 3 aromatic carbocycles. The number of anilines is 1. The molecule has 3 aromatic rings. The Morgan fingerprint density at radius 2 is 1.88 bits per heavy atom. The summed E-state index contributed by atoms with van der Waals surface area (Å²) in [6, 6.07) is 8.43. The van der Waals surface area contributed by atoms with Crippen molar-refractivity contribution in [2.45, 2.75) is 51.0 Å². The molecule has 0 unspecified atom stereocenters. The Hall–Kier alpha value is -3.44. The maximum Gasteiger partial charge on any atom is 0.336 e. The predicted molar refractivity (Wildman–Crippen MR) is 166 cm³/mol. The van der Waals surface area contributed by atoms with Gasteiger partial charge in [-0.05, 0) is 90.0 Å². The average molecular weight is 679 g/mol. The number of aromatic carboxylic acids is 2. The maximum atomic E-state index is 12.6. The molecule has 9 heteroatoms. The number of aryl methyl sites for hydroxylation is 2. The summed E-state index contributed by atoms with van der Waals surface area (Å²) in [5, 5.41) is 32.9. The third-order valence-corrected chi connectivity index (χ3v) is 9.62. The van der Waals surface area contributed by atoms with E-state index in [2.05, 4.69) is 39.6 Å². The lowest BCUT2D eigenvalue weighted by Crippen LogP contribution is -2.42. The van der Waals surface area contributed by atoms with Gasteiger partial charge in [0, 0.05) is 59.2 Å². The number of carboxylic acids is 2. The molecule has 0 aromatic heterocycles. The van der Waals surface area contributed by atoms with Crippen LogP contribution in [0.25, 0.3) is 5.57 Å². The van der Waals surface area contributed by atoms with Crippen LogP contribution >= 0.6 is 22.6 Å². The van der Waals surface area contributed by atoms with Gasteiger partial charge in [-0.2, -0.15) is 0 Å². The molecule has 4 aliphatic rings. The predicted octanol–water partition coefficient (Wildman–Crippen LogP) is 4.04. The van der Waals surface area contributed by atoms with Gasteiger partial charge in [-0.3, -0.25) is 4.99 Å². The van der Waals surface area contributed by atoms with Gasteiger partial charge in [0.15, 0.2) is 0 Å². The molecule has 0 bridgehead atoms. The molecular weight excluding hydrogens is 647 g/mol. The molecule has 0 saturated heterocycles. The molecule has 216 valence electrons. The van der Waals surface area contributed by atoms with Crippen LogP contribution in [0.1, 0.15) is 73.4 Å². The van der Waals surface area contributed by atoms with Crippen molar-refractivity contribution in [3.8, 4) is 11.5 Å². The number of fused-ring (bicyclic) bond motifs is 5. The normalized spacial score (nSPS) is 18.2. The zero-order valence-electron chi connectivity index (χ0n) is 23.1. The van der Waals surface area contributed by atoms with Gasteiger partial charge < -0.3 is 25.0 Å². The molecule has 4 heterocycles. The number of aliphatic hydroxyl groups is 1. The minimum atomic E-state index is -1.12. The van der Waals surface area contributed by atoms with Gasteiger partial charge in [-0.1, -0.05) is 22.6 Å². The van der Waals surface area contributed by atoms with E-state index in [1.807, 2.05) is 0 Å². The molecule has 0 spiro atoms. The monoisotopic (exact) mass is 678 g/mol. The zero-order valence-corrected chi connectivity index (χ0v) is 25.2. The summed E-state index contributed by atoms with van der Waals surface area (Å²) in [5.41, 5.74) is 7.18. The van der Waals surface area contributed by atoms with Crippen LogP contribution in [-0.4, -0.2) is 57.4 Å². The molecule has 8 nitrogen and oxygen atoms in total. The van der Waals surface area contributed by atoms with E-state index >= 15 is 0 Å². The van der Waals surface area contributed by atoms with E-state index < -0.39 is 18.0 Å². The average Bonchev–Trinajstić information content (AvgIpc) is 2.98. The van der Waals surface area contributed by atoms with Gasteiger partial charge in [0.05, 0.1) is 22.6 Å². The van der Waals surface area contributed by atoms with Crippen LogP contribution in [0.15, 0.2) is 35.3 Å². The molecule has 0 saturated carbocycles. The summed E-state index contributed by atoms with van der Waals surface area (Å²) >= 11 is 2.38. The minimum Gasteiger partial charge on any atom is -0.478 e. The molecule has 0 amide bonds. The van der Waals surface area contributed by atoms with Gasteiger partial charge >= 0.3 is 11.9 Å². The van der Waals surface area contributed by atoms with E-state index in [4.69, 9.17) is 9.73 Å². The van der Waals surface area contributed by atoms with Crippen molar-refractivity contribution in [2.24, 2.45) is 4.99 Å². The van der Waals surface area contributed by atoms with Crippen molar-refractivity contribution >= 4 is 45.8 Å². The number of benzene rings is 3. The maximum absolute atomic E-state index is 12.6. The Balaban J connectivity index is 1.64. The summed E-state index contributed by atoms with van der Waals surface area (Å²) in [5.74, 6) is -0.938. The number of nitrogens with zero attached hydrogens (tertiary/aromatic N) is 2. The molecule has 0 radical (unpaired) electrons. The highest BCUT2D eigenvalue weighted by molar-refractivity contribution is 14.1. The van der Waals surface area contributed by atoms with Crippen molar-refractivity contribution in [2.75, 3.05) is 29.0 Å². The van der Waals surface area contributed by atoms with Crippen LogP contribution in [-0.2, 0) is 25.7 Å². The molecule has 0 aliphatic carbocycles. The van der Waals surface area contributed by atoms with E-state index in [0.29, 0.717) is 35.6 Å². The SMILES string of the molecule is O=C(O)c1ccc(C(=O)O)c(C2=c3cc(CCCI)c4c(c3Oc3c2cc2c5c3C[C@H](O)CN5CCC2)CCCN=4)c1. The first-order valence-electron chi connectivity index (χ1n) is 14.6. The lowest BCUT2D eigenvalue weighted by molar-refractivity contribution is 0.0681. The smallest absolute Gasteiger partial charge is 0.336 e. The Kier molecular flexibility index (Phi) is 6.97. The van der Waals surface area contributed by atoms with Gasteiger partial charge in [0.25, 0.3) is 0 Å². The van der Waals surface area contributed by atoms with Gasteiger partial charge in [0.1, 0.15) is 11.5 Å². The van der Waals surface area contributed by atoms with Crippen molar-refractivity contribution < 1.29 is 29.6 Å². The number of rotatable bonds is 6. The third kappa shape index (κ3) is 4.40. The van der Waals surface area contributed by atoms with E-state index in [-0.39, 0.29) is 11.1 Å². The van der Waals surface area contributed by atoms with E-state index in [0.717, 1.165) is 100 Å². The summed E-state index contributed by atoms with van der Waals surface area (Å²) in [4.78, 5) is 31.9. The fourth-order valence-corrected chi connectivity index (χ4v) is 7.54. The van der Waals surface area contributed by atoms with Gasteiger partial charge in [-0.25, -0.2) is 9.59 Å². The molecule has 7 rings (SSSR count). The summed E-state index contributed by atoms with van der Waals surface area (Å²) in [6.45, 7) is 2.19. The summed E-state index contributed by atoms with van der Waals surface area (Å²) < 4.78 is 7.90. The highest BCUT2D eigenvalue weighted by Gasteiger charge is 2.36. The minimum absolute atomic E-state index is 0.0242. The standard InChI is InChI=1S/C33H31IN2O6/c34-9-1-4-17-12-24-27(23-14-19(32(38)39)7-8-21(23)33(40)41)25-13-18-5-3-11-36-16-20(37)15-26(29(18)36)31(25)42-30(24)22-6-2-10-35-28(17)22/h7-8,12-14,20,37H,1-6,9-11,15-16H2,(H,38,39)(H,40,41)/t20-/m0/s1. The van der Waals surface area contributed by atoms with Gasteiger partial charge in [0.2, 0.25) is 0 Å². The van der Waals surface area contributed by atoms with Gasteiger partial charge in [-0.15, -0.1) is 0 Å². The van der Waals surface area contributed by atoms with Crippen LogP contribution in [0.3, 0.4) is 0 Å². The Bertz CT molecular complexity index is 1800. The van der Waals surface area contributed by atoms with E-state index in [1.54, 1.807) is 0 Å². The number of alkyl halides is 1. The largest absolute Gasteiger partial charge is 0.478 e. The highest BCUT2D eigenvalue weighted by Crippen LogP contribution is 2.48. The molecule has 0 fully saturated rings. The number of carbonyl (C=O) groups is 2. The molecule has 3 N–H and O–H groups in total. The first-order valence-corrected chi connectivity index (χ1v) is 16.1. The first kappa shape index (κ1) is 27.4. The lowest BCUT2D eigenvalue weighted by atomic mass is 9.81. The number of aliphatic hydroxyl groups excluding tert-OH is 1. The number of ether oxygens (including phenoxy) is 1.